The van der Waals surface area contributed by atoms with Crippen molar-refractivity contribution in [1.82, 2.24) is 14.5 Å². The first-order valence-corrected chi connectivity index (χ1v) is 10.5. The van der Waals surface area contributed by atoms with Crippen molar-refractivity contribution in [2.24, 2.45) is 13.0 Å². The van der Waals surface area contributed by atoms with Crippen LogP contribution in [0.3, 0.4) is 0 Å². The predicted octanol–water partition coefficient (Wildman–Crippen LogP) is 4.09. The highest BCUT2D eigenvalue weighted by Crippen LogP contribution is 2.39. The third kappa shape index (κ3) is 3.95. The number of rotatable bonds is 5. The molecule has 0 radical (unpaired) electrons. The molecule has 3 aromatic rings. The zero-order chi connectivity index (χ0) is 23.0. The average Bonchev–Trinajstić information content (AvgIpc) is 2.78. The first-order chi connectivity index (χ1) is 15.2. The molecule has 0 saturated carbocycles. The highest BCUT2D eigenvalue weighted by atomic mass is 19.3. The molecule has 0 bridgehead atoms. The lowest BCUT2D eigenvalue weighted by molar-refractivity contribution is -0.106. The van der Waals surface area contributed by atoms with Gasteiger partial charge < -0.3 is 14.0 Å². The maximum Gasteiger partial charge on any atom is 0.263 e. The van der Waals surface area contributed by atoms with E-state index in [1.807, 2.05) is 12.1 Å². The van der Waals surface area contributed by atoms with E-state index in [2.05, 4.69) is 4.98 Å². The number of ether oxygens (including phenoxy) is 2. The van der Waals surface area contributed by atoms with Crippen LogP contribution in [0.15, 0.2) is 41.6 Å². The monoisotopic (exact) mass is 443 g/mol. The lowest BCUT2D eigenvalue weighted by Crippen LogP contribution is -2.47. The van der Waals surface area contributed by atoms with Crippen molar-refractivity contribution in [2.75, 3.05) is 27.3 Å². The largest absolute Gasteiger partial charge is 0.496 e. The molecule has 2 aromatic heterocycles. The Hall–Kier alpha value is -3.00. The van der Waals surface area contributed by atoms with Gasteiger partial charge in [-0.3, -0.25) is 14.7 Å². The second-order valence-electron chi connectivity index (χ2n) is 8.40. The Bertz CT molecular complexity index is 1180. The predicted molar refractivity (Wildman–Crippen MR) is 120 cm³/mol. The van der Waals surface area contributed by atoms with Crippen LogP contribution in [0, 0.1) is 5.92 Å². The summed E-state index contributed by atoms with van der Waals surface area (Å²) in [7, 11) is 4.80. The van der Waals surface area contributed by atoms with E-state index in [1.165, 1.54) is 4.57 Å². The number of hydrogen-bond acceptors (Lipinski definition) is 5. The Morgan fingerprint density at radius 3 is 2.50 bits per heavy atom. The van der Waals surface area contributed by atoms with Crippen LogP contribution in [0.2, 0.25) is 0 Å². The van der Waals surface area contributed by atoms with E-state index in [0.717, 1.165) is 22.1 Å². The zero-order valence-electron chi connectivity index (χ0n) is 18.7. The fourth-order valence-electron chi connectivity index (χ4n) is 4.32. The molecule has 1 fully saturated rings. The van der Waals surface area contributed by atoms with Gasteiger partial charge in [-0.1, -0.05) is 6.92 Å². The Balaban J connectivity index is 1.79. The highest BCUT2D eigenvalue weighted by molar-refractivity contribution is 5.95. The molecule has 8 heteroatoms. The van der Waals surface area contributed by atoms with E-state index in [1.54, 1.807) is 57.7 Å². The number of nitrogens with zero attached hydrogens (tertiary/aromatic N) is 3. The fraction of sp³-hybridized carbons (Fsp3) is 0.417. The number of methoxy groups -OCH3 is 2. The van der Waals surface area contributed by atoms with Crippen molar-refractivity contribution < 1.29 is 18.3 Å². The molecule has 4 rings (SSSR count). The quantitative estimate of drug-likeness (QED) is 0.595. The van der Waals surface area contributed by atoms with Gasteiger partial charge in [0.05, 0.1) is 31.7 Å². The molecule has 1 aromatic carbocycles. The second kappa shape index (κ2) is 8.50. The summed E-state index contributed by atoms with van der Waals surface area (Å²) in [6, 6.07) is 5.53. The SMILES string of the molecule is COc1cc(-c2cn(C)c(=O)c3cnccc23)cc(OC)c1CN1CCC(C)C(F)(F)C1. The van der Waals surface area contributed by atoms with E-state index in [9.17, 15) is 13.6 Å². The molecule has 0 aliphatic carbocycles. The van der Waals surface area contributed by atoms with Crippen molar-refractivity contribution in [3.63, 3.8) is 0 Å². The molecule has 1 atom stereocenters. The topological polar surface area (TPSA) is 56.6 Å². The molecule has 0 spiro atoms. The Kier molecular flexibility index (Phi) is 5.90. The molecule has 32 heavy (non-hydrogen) atoms. The third-order valence-electron chi connectivity index (χ3n) is 6.32. The lowest BCUT2D eigenvalue weighted by atomic mass is 9.94. The van der Waals surface area contributed by atoms with Gasteiger partial charge in [-0.25, -0.2) is 8.78 Å². The van der Waals surface area contributed by atoms with Crippen molar-refractivity contribution in [1.29, 1.82) is 0 Å². The molecular weight excluding hydrogens is 416 g/mol. The molecule has 0 amide bonds. The summed E-state index contributed by atoms with van der Waals surface area (Å²) in [5.74, 6) is -2.24. The van der Waals surface area contributed by atoms with Gasteiger partial charge in [-0.2, -0.15) is 0 Å². The molecule has 3 heterocycles. The number of aryl methyl sites for hydroxylation is 1. The number of piperidine rings is 1. The number of halogens is 2. The summed E-state index contributed by atoms with van der Waals surface area (Å²) in [4.78, 5) is 18.3. The molecule has 1 aliphatic rings. The summed E-state index contributed by atoms with van der Waals surface area (Å²) in [5, 5.41) is 1.28. The van der Waals surface area contributed by atoms with E-state index < -0.39 is 11.8 Å². The molecular formula is C24H27F2N3O3. The van der Waals surface area contributed by atoms with Crippen LogP contribution in [0.1, 0.15) is 18.9 Å². The lowest BCUT2D eigenvalue weighted by Gasteiger charge is -2.37. The highest BCUT2D eigenvalue weighted by Gasteiger charge is 2.41. The van der Waals surface area contributed by atoms with Crippen LogP contribution in [0.4, 0.5) is 8.78 Å². The number of benzene rings is 1. The summed E-state index contributed by atoms with van der Waals surface area (Å²) >= 11 is 0. The minimum atomic E-state index is -2.72. The van der Waals surface area contributed by atoms with Gasteiger partial charge in [0.25, 0.3) is 11.5 Å². The van der Waals surface area contributed by atoms with Crippen LogP contribution in [0.5, 0.6) is 11.5 Å². The van der Waals surface area contributed by atoms with Gasteiger partial charge in [-0.15, -0.1) is 0 Å². The Labute approximate surface area is 185 Å². The maximum atomic E-state index is 14.3. The summed E-state index contributed by atoms with van der Waals surface area (Å²) in [5.41, 5.74) is 2.21. The van der Waals surface area contributed by atoms with Crippen LogP contribution in [0.25, 0.3) is 21.9 Å². The minimum Gasteiger partial charge on any atom is -0.496 e. The van der Waals surface area contributed by atoms with Crippen LogP contribution in [-0.4, -0.2) is 47.7 Å². The van der Waals surface area contributed by atoms with E-state index in [0.29, 0.717) is 36.4 Å². The Morgan fingerprint density at radius 1 is 1.19 bits per heavy atom. The standard InChI is InChI=1S/C24H27F2N3O3/c1-15-6-8-29(14-24(15,25)26)13-20-21(31-3)9-16(10-22(20)32-4)19-12-28(2)23(30)18-11-27-7-5-17(18)19/h5,7,9-12,15H,6,8,13-14H2,1-4H3. The van der Waals surface area contributed by atoms with Gasteiger partial charge in [0.1, 0.15) is 11.5 Å². The molecule has 1 aliphatic heterocycles. The fourth-order valence-corrected chi connectivity index (χ4v) is 4.32. The third-order valence-corrected chi connectivity index (χ3v) is 6.32. The van der Waals surface area contributed by atoms with Gasteiger partial charge in [-0.05, 0) is 42.1 Å². The molecule has 170 valence electrons. The molecule has 1 unspecified atom stereocenters. The minimum absolute atomic E-state index is 0.132. The van der Waals surface area contributed by atoms with Gasteiger partial charge >= 0.3 is 0 Å². The Morgan fingerprint density at radius 2 is 1.88 bits per heavy atom. The van der Waals surface area contributed by atoms with E-state index >= 15 is 0 Å². The van der Waals surface area contributed by atoms with Gasteiger partial charge in [0, 0.05) is 43.7 Å². The number of hydrogen-bond donors (Lipinski definition) is 0. The maximum absolute atomic E-state index is 14.3. The van der Waals surface area contributed by atoms with E-state index in [-0.39, 0.29) is 12.1 Å². The number of aromatic nitrogens is 2. The number of pyridine rings is 2. The number of fused-ring (bicyclic) bond motifs is 1. The molecule has 0 N–H and O–H groups in total. The first kappa shape index (κ1) is 22.2. The van der Waals surface area contributed by atoms with E-state index in [4.69, 9.17) is 9.47 Å². The second-order valence-corrected chi connectivity index (χ2v) is 8.40. The van der Waals surface area contributed by atoms with Crippen molar-refractivity contribution in [2.45, 2.75) is 25.8 Å². The molecule has 1 saturated heterocycles. The smallest absolute Gasteiger partial charge is 0.263 e. The van der Waals surface area contributed by atoms with Gasteiger partial charge in [0.2, 0.25) is 0 Å². The molecule has 6 nitrogen and oxygen atoms in total. The van der Waals surface area contributed by atoms with Crippen LogP contribution >= 0.6 is 0 Å². The summed E-state index contributed by atoms with van der Waals surface area (Å²) < 4.78 is 41.4. The first-order valence-electron chi connectivity index (χ1n) is 10.5. The normalized spacial score (nSPS) is 18.6. The van der Waals surface area contributed by atoms with Crippen molar-refractivity contribution in [3.8, 4) is 22.6 Å². The zero-order valence-corrected chi connectivity index (χ0v) is 18.7. The van der Waals surface area contributed by atoms with Crippen molar-refractivity contribution in [3.05, 3.63) is 52.7 Å². The summed E-state index contributed by atoms with van der Waals surface area (Å²) in [6.07, 6.45) is 5.41. The van der Waals surface area contributed by atoms with Crippen molar-refractivity contribution >= 4 is 10.8 Å². The number of likely N-dealkylation sites (tertiary alicyclic amines) is 1. The summed E-state index contributed by atoms with van der Waals surface area (Å²) in [6.45, 7) is 2.19. The van der Waals surface area contributed by atoms with Crippen LogP contribution < -0.4 is 15.0 Å². The number of alkyl halides is 2. The van der Waals surface area contributed by atoms with Crippen LogP contribution in [-0.2, 0) is 13.6 Å². The van der Waals surface area contributed by atoms with Gasteiger partial charge in [0.15, 0.2) is 0 Å². The average molecular weight is 443 g/mol.